The summed E-state index contributed by atoms with van der Waals surface area (Å²) < 4.78 is 4.52. The van der Waals surface area contributed by atoms with Crippen molar-refractivity contribution in [2.24, 2.45) is 0 Å². The summed E-state index contributed by atoms with van der Waals surface area (Å²) >= 11 is 0. The topological polar surface area (TPSA) is 46.5 Å². The molecule has 0 aliphatic carbocycles. The first-order chi connectivity index (χ1) is 9.20. The summed E-state index contributed by atoms with van der Waals surface area (Å²) in [6.45, 7) is 2.35. The Morgan fingerprint density at radius 2 is 1.89 bits per heavy atom. The van der Waals surface area contributed by atoms with Crippen LogP contribution >= 0.6 is 0 Å². The van der Waals surface area contributed by atoms with E-state index in [1.165, 1.54) is 19.1 Å². The zero-order chi connectivity index (χ0) is 14.3. The highest BCUT2D eigenvalue weighted by Gasteiger charge is 1.92. The molecule has 0 aromatic heterocycles. The monoisotopic (exact) mass is 266 g/mol. The van der Waals surface area contributed by atoms with Crippen LogP contribution in [-0.2, 0) is 9.53 Å². The van der Waals surface area contributed by atoms with E-state index in [2.05, 4.69) is 23.8 Å². The molecule has 0 radical (unpaired) electrons. The summed E-state index contributed by atoms with van der Waals surface area (Å²) in [6, 6.07) is 0. The molecule has 0 unspecified atom stereocenters. The summed E-state index contributed by atoms with van der Waals surface area (Å²) in [4.78, 5) is 10.8. The summed E-state index contributed by atoms with van der Waals surface area (Å²) in [5, 5.41) is 8.69. The van der Waals surface area contributed by atoms with Gasteiger partial charge in [-0.3, -0.25) is 4.79 Å². The lowest BCUT2D eigenvalue weighted by molar-refractivity contribution is -0.139. The molecular formula is C16H26O3. The van der Waals surface area contributed by atoms with E-state index in [-0.39, 0.29) is 12.6 Å². The van der Waals surface area contributed by atoms with Gasteiger partial charge in [-0.05, 0) is 39.0 Å². The number of rotatable bonds is 10. The SMILES string of the molecule is COC(=O)CC=CC=CCCCCC(C)=CCCO. The highest BCUT2D eigenvalue weighted by Crippen LogP contribution is 2.09. The lowest BCUT2D eigenvalue weighted by atomic mass is 10.1. The molecular weight excluding hydrogens is 240 g/mol. The van der Waals surface area contributed by atoms with Crippen LogP contribution in [0.15, 0.2) is 36.0 Å². The molecule has 0 bridgehead atoms. The number of aliphatic hydroxyl groups is 1. The zero-order valence-corrected chi connectivity index (χ0v) is 12.1. The molecule has 0 fully saturated rings. The molecule has 0 aliphatic heterocycles. The molecule has 0 rings (SSSR count). The maximum Gasteiger partial charge on any atom is 0.309 e. The number of aliphatic hydroxyl groups excluding tert-OH is 1. The van der Waals surface area contributed by atoms with Crippen LogP contribution in [0.25, 0.3) is 0 Å². The van der Waals surface area contributed by atoms with E-state index in [9.17, 15) is 4.79 Å². The van der Waals surface area contributed by atoms with Crippen molar-refractivity contribution < 1.29 is 14.6 Å². The Morgan fingerprint density at radius 1 is 1.16 bits per heavy atom. The molecule has 0 aromatic rings. The van der Waals surface area contributed by atoms with Crippen molar-refractivity contribution in [3.8, 4) is 0 Å². The lowest BCUT2D eigenvalue weighted by Gasteiger charge is -1.99. The number of esters is 1. The molecule has 108 valence electrons. The first kappa shape index (κ1) is 17.6. The van der Waals surface area contributed by atoms with Gasteiger partial charge in [0.25, 0.3) is 0 Å². The summed E-state index contributed by atoms with van der Waals surface area (Å²) in [5.41, 5.74) is 1.36. The van der Waals surface area contributed by atoms with Crippen LogP contribution < -0.4 is 0 Å². The predicted octanol–water partition coefficient (Wildman–Crippen LogP) is 3.55. The molecule has 0 heterocycles. The number of carbonyl (C=O) groups excluding carboxylic acids is 1. The Labute approximate surface area is 116 Å². The van der Waals surface area contributed by atoms with Crippen molar-refractivity contribution in [1.29, 1.82) is 0 Å². The molecule has 0 spiro atoms. The molecule has 19 heavy (non-hydrogen) atoms. The second-order valence-electron chi connectivity index (χ2n) is 4.45. The average Bonchev–Trinajstić information content (AvgIpc) is 2.42. The van der Waals surface area contributed by atoms with Crippen LogP contribution in [0.2, 0.25) is 0 Å². The van der Waals surface area contributed by atoms with Gasteiger partial charge in [0, 0.05) is 6.61 Å². The van der Waals surface area contributed by atoms with Crippen LogP contribution in [-0.4, -0.2) is 24.8 Å². The van der Waals surface area contributed by atoms with E-state index in [4.69, 9.17) is 5.11 Å². The van der Waals surface area contributed by atoms with Crippen LogP contribution in [0.1, 0.15) is 45.4 Å². The minimum atomic E-state index is -0.213. The Bertz CT molecular complexity index is 314. The van der Waals surface area contributed by atoms with Crippen molar-refractivity contribution in [3.05, 3.63) is 36.0 Å². The van der Waals surface area contributed by atoms with Crippen molar-refractivity contribution in [3.63, 3.8) is 0 Å². The van der Waals surface area contributed by atoms with Gasteiger partial charge in [-0.1, -0.05) is 36.0 Å². The van der Waals surface area contributed by atoms with E-state index in [0.29, 0.717) is 6.42 Å². The van der Waals surface area contributed by atoms with Gasteiger partial charge in [0.15, 0.2) is 0 Å². The first-order valence-corrected chi connectivity index (χ1v) is 6.85. The largest absolute Gasteiger partial charge is 0.469 e. The van der Waals surface area contributed by atoms with E-state index >= 15 is 0 Å². The standard InChI is InChI=1S/C16H26O3/c1-15(12-10-14-17)11-8-6-4-3-5-7-9-13-16(18)19-2/h3,5,7,9,12,17H,4,6,8,10-11,13-14H2,1-2H3. The van der Waals surface area contributed by atoms with E-state index in [1.807, 2.05) is 12.2 Å². The molecule has 3 heteroatoms. The molecule has 0 saturated heterocycles. The van der Waals surface area contributed by atoms with Gasteiger partial charge in [0.2, 0.25) is 0 Å². The van der Waals surface area contributed by atoms with Gasteiger partial charge in [0.1, 0.15) is 0 Å². The smallest absolute Gasteiger partial charge is 0.309 e. The summed E-state index contributed by atoms with van der Waals surface area (Å²) in [5.74, 6) is -0.213. The number of methoxy groups -OCH3 is 1. The zero-order valence-electron chi connectivity index (χ0n) is 12.1. The molecule has 0 atom stereocenters. The first-order valence-electron chi connectivity index (χ1n) is 6.85. The summed E-state index contributed by atoms with van der Waals surface area (Å²) in [6.07, 6.45) is 15.4. The van der Waals surface area contributed by atoms with Crippen LogP contribution in [0.3, 0.4) is 0 Å². The third kappa shape index (κ3) is 12.9. The number of hydrogen-bond acceptors (Lipinski definition) is 3. The van der Waals surface area contributed by atoms with Gasteiger partial charge in [0.05, 0.1) is 13.5 Å². The fraction of sp³-hybridized carbons (Fsp3) is 0.562. The maximum absolute atomic E-state index is 10.8. The van der Waals surface area contributed by atoms with Gasteiger partial charge >= 0.3 is 5.97 Å². The molecule has 0 aliphatic rings. The number of unbranched alkanes of at least 4 members (excludes halogenated alkanes) is 2. The lowest BCUT2D eigenvalue weighted by Crippen LogP contribution is -1.96. The molecule has 0 aromatic carbocycles. The van der Waals surface area contributed by atoms with E-state index < -0.39 is 0 Å². The highest BCUT2D eigenvalue weighted by molar-refractivity contribution is 5.70. The third-order valence-corrected chi connectivity index (χ3v) is 2.71. The predicted molar refractivity (Wildman–Crippen MR) is 78.8 cm³/mol. The quantitative estimate of drug-likeness (QED) is 0.285. The Hall–Kier alpha value is -1.35. The van der Waals surface area contributed by atoms with Crippen LogP contribution in [0.5, 0.6) is 0 Å². The Kier molecular flexibility index (Phi) is 12.2. The van der Waals surface area contributed by atoms with Crippen molar-refractivity contribution >= 4 is 5.97 Å². The molecule has 0 amide bonds. The average molecular weight is 266 g/mol. The maximum atomic E-state index is 10.8. The van der Waals surface area contributed by atoms with E-state index in [0.717, 1.165) is 25.7 Å². The second-order valence-corrected chi connectivity index (χ2v) is 4.45. The highest BCUT2D eigenvalue weighted by atomic mass is 16.5. The van der Waals surface area contributed by atoms with Crippen LogP contribution in [0.4, 0.5) is 0 Å². The Balaban J connectivity index is 3.51. The van der Waals surface area contributed by atoms with Gasteiger partial charge in [-0.25, -0.2) is 0 Å². The van der Waals surface area contributed by atoms with Crippen molar-refractivity contribution in [2.45, 2.75) is 45.4 Å². The number of hydrogen-bond donors (Lipinski definition) is 1. The van der Waals surface area contributed by atoms with Gasteiger partial charge < -0.3 is 9.84 Å². The van der Waals surface area contributed by atoms with Crippen molar-refractivity contribution in [2.75, 3.05) is 13.7 Å². The minimum Gasteiger partial charge on any atom is -0.469 e. The van der Waals surface area contributed by atoms with Gasteiger partial charge in [-0.2, -0.15) is 0 Å². The molecule has 3 nitrogen and oxygen atoms in total. The number of allylic oxidation sites excluding steroid dienone is 4. The fourth-order valence-electron chi connectivity index (χ4n) is 1.58. The normalized spacial score (nSPS) is 12.5. The van der Waals surface area contributed by atoms with Gasteiger partial charge in [-0.15, -0.1) is 0 Å². The third-order valence-electron chi connectivity index (χ3n) is 2.71. The van der Waals surface area contributed by atoms with Crippen molar-refractivity contribution in [1.82, 2.24) is 0 Å². The minimum absolute atomic E-state index is 0.213. The molecule has 0 saturated carbocycles. The molecule has 1 N–H and O–H groups in total. The second kappa shape index (κ2) is 13.1. The Morgan fingerprint density at radius 3 is 2.58 bits per heavy atom. The van der Waals surface area contributed by atoms with E-state index in [1.54, 1.807) is 6.08 Å². The fourth-order valence-corrected chi connectivity index (χ4v) is 1.58. The summed E-state index contributed by atoms with van der Waals surface area (Å²) in [7, 11) is 1.39. The van der Waals surface area contributed by atoms with Crippen LogP contribution in [0, 0.1) is 0 Å². The number of carbonyl (C=O) groups is 1. The number of ether oxygens (including phenoxy) is 1.